The van der Waals surface area contributed by atoms with E-state index in [1.54, 1.807) is 11.8 Å². The highest BCUT2D eigenvalue weighted by atomic mass is 32.2. The van der Waals surface area contributed by atoms with Gasteiger partial charge in [0, 0.05) is 9.79 Å². The lowest BCUT2D eigenvalue weighted by Crippen LogP contribution is -1.85. The molecule has 0 aliphatic carbocycles. The lowest BCUT2D eigenvalue weighted by atomic mass is 10.1. The molecule has 0 unspecified atom stereocenters. The number of hydrogen-bond acceptors (Lipinski definition) is 4. The molecule has 0 heterocycles. The molecule has 0 aromatic heterocycles. The van der Waals surface area contributed by atoms with Gasteiger partial charge >= 0.3 is 0 Å². The van der Waals surface area contributed by atoms with Gasteiger partial charge in [-0.3, -0.25) is 0 Å². The summed E-state index contributed by atoms with van der Waals surface area (Å²) in [7, 11) is 4.50. The van der Waals surface area contributed by atoms with E-state index < -0.39 is 0 Å². The minimum Gasteiger partial charge on any atom is -0.333 e. The third-order valence-electron chi connectivity index (χ3n) is 5.70. The Kier molecular flexibility index (Phi) is 40.7. The second kappa shape index (κ2) is 40.7. The molecule has 0 atom stereocenters. The summed E-state index contributed by atoms with van der Waals surface area (Å²) in [6.07, 6.45) is 1.03. The first kappa shape index (κ1) is 49.9. The molecule has 0 saturated heterocycles. The zero-order valence-corrected chi connectivity index (χ0v) is 33.0. The highest BCUT2D eigenvalue weighted by Gasteiger charge is 1.94. The average Bonchev–Trinajstić information content (AvgIpc) is 3.25. The summed E-state index contributed by atoms with van der Waals surface area (Å²) in [6.45, 7) is 12.0. The molecule has 4 heteroatoms. The zero-order valence-electron chi connectivity index (χ0n) is 32.2. The molecule has 6 rings (SSSR count). The second-order valence-electron chi connectivity index (χ2n) is 8.61. The van der Waals surface area contributed by atoms with E-state index in [0.29, 0.717) is 0 Å². The molecule has 0 saturated carbocycles. The molecule has 6 aromatic carbocycles. The van der Waals surface area contributed by atoms with Crippen LogP contribution in [0.25, 0.3) is 11.1 Å². The van der Waals surface area contributed by atoms with Gasteiger partial charge in [-0.15, -0.1) is 0 Å². The number of hydrogen-bond donors (Lipinski definition) is 3. The molecule has 0 spiro atoms. The minimum atomic E-state index is 1.03. The smallest absolute Gasteiger partial charge is 0.0122 e. The van der Waals surface area contributed by atoms with E-state index in [-0.39, 0.29) is 0 Å². The Balaban J connectivity index is -0.000000575. The fourth-order valence-corrected chi connectivity index (χ4v) is 4.66. The molecule has 0 fully saturated rings. The van der Waals surface area contributed by atoms with Gasteiger partial charge in [0.15, 0.2) is 0 Å². The summed E-state index contributed by atoms with van der Waals surface area (Å²) in [5.74, 6) is 0. The van der Waals surface area contributed by atoms with Gasteiger partial charge in [0.1, 0.15) is 0 Å². The van der Waals surface area contributed by atoms with E-state index in [0.717, 1.165) is 6.42 Å². The number of nitrogens with two attached hydrogens (primary N) is 3. The Labute approximate surface area is 311 Å². The van der Waals surface area contributed by atoms with Crippen LogP contribution in [-0.2, 0) is 6.42 Å². The maximum atomic E-state index is 4.50. The van der Waals surface area contributed by atoms with Crippen LogP contribution in [0.3, 0.4) is 0 Å². The van der Waals surface area contributed by atoms with Crippen molar-refractivity contribution in [3.63, 3.8) is 0 Å². The van der Waals surface area contributed by atoms with Gasteiger partial charge in [-0.05, 0) is 74.1 Å². The Morgan fingerprint density at radius 3 is 0.740 bits per heavy atom. The highest BCUT2D eigenvalue weighted by Crippen LogP contribution is 2.26. The largest absolute Gasteiger partial charge is 0.333 e. The Morgan fingerprint density at radius 1 is 0.300 bits per heavy atom. The maximum absolute atomic E-state index is 4.50. The van der Waals surface area contributed by atoms with Gasteiger partial charge < -0.3 is 17.2 Å². The molecular formula is C46H65N3S. The van der Waals surface area contributed by atoms with Crippen molar-refractivity contribution in [3.8, 4) is 11.1 Å². The van der Waals surface area contributed by atoms with Crippen molar-refractivity contribution in [3.05, 3.63) is 193 Å². The third kappa shape index (κ3) is 25.6. The first-order valence-electron chi connectivity index (χ1n) is 17.6. The van der Waals surface area contributed by atoms with Crippen LogP contribution in [0.1, 0.15) is 52.7 Å². The predicted molar refractivity (Wildman–Crippen MR) is 229 cm³/mol. The van der Waals surface area contributed by atoms with Crippen LogP contribution in [0.2, 0.25) is 0 Å². The summed E-state index contributed by atoms with van der Waals surface area (Å²) in [5, 5.41) is 0. The van der Waals surface area contributed by atoms with Gasteiger partial charge in [0.25, 0.3) is 0 Å². The summed E-state index contributed by atoms with van der Waals surface area (Å²) >= 11 is 1.79. The summed E-state index contributed by atoms with van der Waals surface area (Å²) < 4.78 is 0. The molecule has 0 radical (unpaired) electrons. The Morgan fingerprint density at radius 2 is 0.500 bits per heavy atom. The maximum Gasteiger partial charge on any atom is 0.0122 e. The van der Waals surface area contributed by atoms with Crippen LogP contribution >= 0.6 is 11.8 Å². The molecule has 0 amide bonds. The summed E-state index contributed by atoms with van der Waals surface area (Å²) in [6, 6.07) is 62.7. The van der Waals surface area contributed by atoms with E-state index >= 15 is 0 Å². The van der Waals surface area contributed by atoms with Crippen LogP contribution in [0.15, 0.2) is 192 Å². The molecule has 0 bridgehead atoms. The van der Waals surface area contributed by atoms with Crippen LogP contribution in [-0.4, -0.2) is 21.1 Å². The Bertz CT molecular complexity index is 1230. The van der Waals surface area contributed by atoms with Crippen molar-refractivity contribution in [1.82, 2.24) is 0 Å². The molecule has 6 N–H and O–H groups in total. The fourth-order valence-electron chi connectivity index (χ4n) is 3.80. The standard InChI is InChI=1S/C13H12.C12H10S.C12H10.3C2H6.3CH5N/c1-3-7-12(8-4-1)11-13-9-5-2-6-10-13;1-3-7-11(8-4-1)13-12-9-5-2-6-10-12;1-3-7-11(8-4-1)12-9-5-2-6-10-12;6*1-2/h1-10H,11H2;1-10H;1-10H;3*1-2H3;3*2H2,1H3. The minimum absolute atomic E-state index is 1.03. The summed E-state index contributed by atoms with van der Waals surface area (Å²) in [5.41, 5.74) is 18.8. The molecule has 50 heavy (non-hydrogen) atoms. The molecular weight excluding hydrogens is 627 g/mol. The van der Waals surface area contributed by atoms with Crippen LogP contribution < -0.4 is 17.2 Å². The lowest BCUT2D eigenvalue weighted by Gasteiger charge is -2.00. The zero-order chi connectivity index (χ0) is 38.1. The average molecular weight is 692 g/mol. The predicted octanol–water partition coefficient (Wildman–Crippen LogP) is 12.3. The van der Waals surface area contributed by atoms with Crippen molar-refractivity contribution in [2.45, 2.75) is 57.8 Å². The highest BCUT2D eigenvalue weighted by molar-refractivity contribution is 7.99. The van der Waals surface area contributed by atoms with Crippen LogP contribution in [0, 0.1) is 0 Å². The van der Waals surface area contributed by atoms with E-state index in [9.17, 15) is 0 Å². The normalized spacial score (nSPS) is 8.16. The number of benzene rings is 6. The van der Waals surface area contributed by atoms with Gasteiger partial charge in [0.05, 0.1) is 0 Å². The van der Waals surface area contributed by atoms with Crippen molar-refractivity contribution in [2.75, 3.05) is 21.1 Å². The lowest BCUT2D eigenvalue weighted by molar-refractivity contribution is 1.19. The first-order valence-corrected chi connectivity index (χ1v) is 18.4. The van der Waals surface area contributed by atoms with Crippen LogP contribution in [0.5, 0.6) is 0 Å². The van der Waals surface area contributed by atoms with Gasteiger partial charge in [-0.1, -0.05) is 211 Å². The summed E-state index contributed by atoms with van der Waals surface area (Å²) in [4.78, 5) is 2.57. The van der Waals surface area contributed by atoms with E-state index in [1.165, 1.54) is 53.2 Å². The molecule has 0 aliphatic heterocycles. The third-order valence-corrected chi connectivity index (χ3v) is 6.71. The number of rotatable bonds is 5. The fraction of sp³-hybridized carbons (Fsp3) is 0.217. The van der Waals surface area contributed by atoms with Crippen molar-refractivity contribution >= 4 is 11.8 Å². The molecule has 6 aromatic rings. The van der Waals surface area contributed by atoms with Gasteiger partial charge in [0.2, 0.25) is 0 Å². The molecule has 3 nitrogen and oxygen atoms in total. The van der Waals surface area contributed by atoms with Gasteiger partial charge in [-0.2, -0.15) is 0 Å². The van der Waals surface area contributed by atoms with E-state index in [4.69, 9.17) is 0 Å². The first-order chi connectivity index (χ1) is 24.9. The second-order valence-corrected chi connectivity index (χ2v) is 9.76. The SMILES string of the molecule is CC.CC.CC.CN.CN.CN.c1ccc(-c2ccccc2)cc1.c1ccc(Cc2ccccc2)cc1.c1ccc(Sc2ccccc2)cc1. The van der Waals surface area contributed by atoms with Crippen molar-refractivity contribution in [2.24, 2.45) is 17.2 Å². The van der Waals surface area contributed by atoms with Crippen LogP contribution in [0.4, 0.5) is 0 Å². The monoisotopic (exact) mass is 691 g/mol. The molecule has 270 valence electrons. The topological polar surface area (TPSA) is 78.1 Å². The van der Waals surface area contributed by atoms with Gasteiger partial charge in [-0.25, -0.2) is 0 Å². The molecule has 0 aliphatic rings. The van der Waals surface area contributed by atoms with E-state index in [1.807, 2.05) is 65.8 Å². The Hall–Kier alpha value is -4.45. The van der Waals surface area contributed by atoms with Crippen molar-refractivity contribution < 1.29 is 0 Å². The van der Waals surface area contributed by atoms with Crippen molar-refractivity contribution in [1.29, 1.82) is 0 Å². The van der Waals surface area contributed by atoms with E-state index in [2.05, 4.69) is 175 Å². The quantitative estimate of drug-likeness (QED) is 0.168.